The van der Waals surface area contributed by atoms with Crippen molar-refractivity contribution in [2.75, 3.05) is 6.61 Å². The van der Waals surface area contributed by atoms with Crippen LogP contribution < -0.4 is 9.47 Å². The fraction of sp³-hybridized carbons (Fsp3) is 0.0667. The van der Waals surface area contributed by atoms with Crippen molar-refractivity contribution in [3.8, 4) is 11.5 Å². The number of fused-ring (bicyclic) bond motifs is 1. The van der Waals surface area contributed by atoms with Gasteiger partial charge in [0.25, 0.3) is 0 Å². The van der Waals surface area contributed by atoms with Gasteiger partial charge in [-0.25, -0.2) is 0 Å². The van der Waals surface area contributed by atoms with Crippen LogP contribution in [0.25, 0.3) is 10.1 Å². The van der Waals surface area contributed by atoms with Gasteiger partial charge in [-0.1, -0.05) is 72.8 Å². The smallest absolute Gasteiger partial charge is 0.206 e. The van der Waals surface area contributed by atoms with Gasteiger partial charge in [-0.15, -0.1) is 11.3 Å². The fourth-order valence-electron chi connectivity index (χ4n) is 3.73. The number of rotatable bonds is 9. The van der Waals surface area contributed by atoms with Gasteiger partial charge in [-0.3, -0.25) is 9.59 Å². The molecule has 0 N–H and O–H groups in total. The van der Waals surface area contributed by atoms with E-state index in [1.807, 2.05) is 72.8 Å². The lowest BCUT2D eigenvalue weighted by molar-refractivity contribution is 0.0917. The fourth-order valence-corrected chi connectivity index (χ4v) is 4.84. The maximum atomic E-state index is 13.2. The summed E-state index contributed by atoms with van der Waals surface area (Å²) in [5.74, 6) is 0.851. The van der Waals surface area contributed by atoms with Crippen LogP contribution in [0.3, 0.4) is 0 Å². The van der Waals surface area contributed by atoms with Crippen molar-refractivity contribution in [1.29, 1.82) is 0 Å². The lowest BCUT2D eigenvalue weighted by Gasteiger charge is -2.09. The van der Waals surface area contributed by atoms with Gasteiger partial charge in [0.2, 0.25) is 5.78 Å². The second-order valence-corrected chi connectivity index (χ2v) is 9.01. The average Bonchev–Trinajstić information content (AvgIpc) is 3.30. The number of ether oxygens (including phenoxy) is 2. The summed E-state index contributed by atoms with van der Waals surface area (Å²) in [7, 11) is 0. The highest BCUT2D eigenvalue weighted by Gasteiger charge is 2.22. The molecule has 0 fully saturated rings. The Morgan fingerprint density at radius 2 is 1.31 bits per heavy atom. The molecule has 0 bridgehead atoms. The van der Waals surface area contributed by atoms with Crippen molar-refractivity contribution in [3.05, 3.63) is 131 Å². The molecule has 5 aromatic rings. The minimum absolute atomic E-state index is 0.117. The van der Waals surface area contributed by atoms with Crippen LogP contribution in [0.2, 0.25) is 0 Å². The largest absolute Gasteiger partial charge is 0.489 e. The number of carbonyl (C=O) groups is 2. The standard InChI is InChI=1S/C30H22O4S/c31-26(22-15-17-24(18-16-22)33-19-21-9-3-1-4-10-21)20-34-29-25-13-7-8-14-27(25)35-30(29)28(32)23-11-5-2-6-12-23/h1-18H,19-20H2. The normalized spacial score (nSPS) is 10.7. The number of Topliss-reactive ketones (excluding diaryl/α,β-unsaturated/α-hetero) is 1. The van der Waals surface area contributed by atoms with Crippen LogP contribution in [0.4, 0.5) is 0 Å². The number of benzene rings is 4. The first kappa shape index (κ1) is 22.6. The van der Waals surface area contributed by atoms with E-state index in [4.69, 9.17) is 9.47 Å². The lowest BCUT2D eigenvalue weighted by Crippen LogP contribution is -2.13. The summed E-state index contributed by atoms with van der Waals surface area (Å²) < 4.78 is 12.7. The van der Waals surface area contributed by atoms with Crippen LogP contribution >= 0.6 is 11.3 Å². The minimum atomic E-state index is -0.173. The molecule has 0 unspecified atom stereocenters. The minimum Gasteiger partial charge on any atom is -0.489 e. The monoisotopic (exact) mass is 478 g/mol. The zero-order chi connectivity index (χ0) is 24.0. The van der Waals surface area contributed by atoms with Gasteiger partial charge in [0.15, 0.2) is 12.4 Å². The van der Waals surface area contributed by atoms with Gasteiger partial charge in [0.05, 0.1) is 0 Å². The van der Waals surface area contributed by atoms with E-state index >= 15 is 0 Å². The van der Waals surface area contributed by atoms with E-state index < -0.39 is 0 Å². The number of ketones is 2. The van der Waals surface area contributed by atoms with Crippen molar-refractivity contribution in [2.24, 2.45) is 0 Å². The zero-order valence-corrected chi connectivity index (χ0v) is 19.7. The molecule has 0 aliphatic heterocycles. The molecule has 0 aliphatic rings. The number of hydrogen-bond donors (Lipinski definition) is 0. The summed E-state index contributed by atoms with van der Waals surface area (Å²) in [6.07, 6.45) is 0. The van der Waals surface area contributed by atoms with Gasteiger partial charge in [0.1, 0.15) is 23.0 Å². The lowest BCUT2D eigenvalue weighted by atomic mass is 10.1. The van der Waals surface area contributed by atoms with Gasteiger partial charge >= 0.3 is 0 Å². The number of thiophene rings is 1. The van der Waals surface area contributed by atoms with Crippen molar-refractivity contribution in [2.45, 2.75) is 6.61 Å². The third-order valence-corrected chi connectivity index (χ3v) is 6.72. The molecule has 0 amide bonds. The Labute approximate surface area is 207 Å². The van der Waals surface area contributed by atoms with E-state index in [9.17, 15) is 9.59 Å². The van der Waals surface area contributed by atoms with Gasteiger partial charge in [-0.2, -0.15) is 0 Å². The molecule has 0 saturated carbocycles. The summed E-state index contributed by atoms with van der Waals surface area (Å²) in [5, 5.41) is 0.828. The highest BCUT2D eigenvalue weighted by molar-refractivity contribution is 7.21. The third kappa shape index (κ3) is 5.15. The first-order chi connectivity index (χ1) is 17.2. The molecule has 172 valence electrons. The molecule has 0 spiro atoms. The van der Waals surface area contributed by atoms with E-state index in [-0.39, 0.29) is 18.2 Å². The number of hydrogen-bond acceptors (Lipinski definition) is 5. The third-order valence-electron chi connectivity index (χ3n) is 5.56. The van der Waals surface area contributed by atoms with Gasteiger partial charge in [-0.05, 0) is 42.0 Å². The summed E-state index contributed by atoms with van der Waals surface area (Å²) in [6, 6.07) is 33.7. The molecule has 1 heterocycles. The molecule has 5 heteroatoms. The highest BCUT2D eigenvalue weighted by atomic mass is 32.1. The second kappa shape index (κ2) is 10.4. The predicted octanol–water partition coefficient (Wildman–Crippen LogP) is 6.97. The van der Waals surface area contributed by atoms with Crippen LogP contribution in [0.15, 0.2) is 109 Å². The van der Waals surface area contributed by atoms with Crippen LogP contribution in [-0.4, -0.2) is 18.2 Å². The molecule has 0 aliphatic carbocycles. The van der Waals surface area contributed by atoms with Crippen molar-refractivity contribution < 1.29 is 19.1 Å². The molecule has 1 aromatic heterocycles. The van der Waals surface area contributed by atoms with Crippen molar-refractivity contribution in [1.82, 2.24) is 0 Å². The van der Waals surface area contributed by atoms with E-state index in [0.29, 0.717) is 34.1 Å². The summed E-state index contributed by atoms with van der Waals surface area (Å²) in [6.45, 7) is 0.292. The Morgan fingerprint density at radius 1 is 0.657 bits per heavy atom. The quantitative estimate of drug-likeness (QED) is 0.215. The summed E-state index contributed by atoms with van der Waals surface area (Å²) in [5.41, 5.74) is 2.18. The molecule has 5 rings (SSSR count). The molecular formula is C30H22O4S. The van der Waals surface area contributed by atoms with Crippen LogP contribution in [-0.2, 0) is 6.61 Å². The van der Waals surface area contributed by atoms with Gasteiger partial charge in [0, 0.05) is 21.2 Å². The Balaban J connectivity index is 1.30. The van der Waals surface area contributed by atoms with Crippen molar-refractivity contribution >= 4 is 33.0 Å². The van der Waals surface area contributed by atoms with Crippen molar-refractivity contribution in [3.63, 3.8) is 0 Å². The van der Waals surface area contributed by atoms with Crippen LogP contribution in [0.1, 0.15) is 31.2 Å². The molecule has 4 nitrogen and oxygen atoms in total. The first-order valence-corrected chi connectivity index (χ1v) is 12.0. The summed E-state index contributed by atoms with van der Waals surface area (Å²) in [4.78, 5) is 26.6. The Kier molecular flexibility index (Phi) is 6.68. The average molecular weight is 479 g/mol. The van der Waals surface area contributed by atoms with E-state index in [1.165, 1.54) is 11.3 Å². The highest BCUT2D eigenvalue weighted by Crippen LogP contribution is 2.39. The van der Waals surface area contributed by atoms with E-state index in [2.05, 4.69) is 0 Å². The second-order valence-electron chi connectivity index (χ2n) is 7.96. The predicted molar refractivity (Wildman–Crippen MR) is 139 cm³/mol. The maximum absolute atomic E-state index is 13.2. The van der Waals surface area contributed by atoms with E-state index in [1.54, 1.807) is 36.4 Å². The van der Waals surface area contributed by atoms with Crippen LogP contribution in [0, 0.1) is 0 Å². The first-order valence-electron chi connectivity index (χ1n) is 11.2. The Hall–Kier alpha value is -4.22. The van der Waals surface area contributed by atoms with Gasteiger partial charge < -0.3 is 9.47 Å². The molecule has 0 radical (unpaired) electrons. The van der Waals surface area contributed by atoms with E-state index in [0.717, 1.165) is 15.6 Å². The summed E-state index contributed by atoms with van der Waals surface area (Å²) >= 11 is 1.38. The molecule has 35 heavy (non-hydrogen) atoms. The maximum Gasteiger partial charge on any atom is 0.206 e. The zero-order valence-electron chi connectivity index (χ0n) is 18.8. The molecule has 4 aromatic carbocycles. The molecular weight excluding hydrogens is 456 g/mol. The molecule has 0 saturated heterocycles. The van der Waals surface area contributed by atoms with Crippen LogP contribution in [0.5, 0.6) is 11.5 Å². The Bertz CT molecular complexity index is 1460. The number of carbonyl (C=O) groups excluding carboxylic acids is 2. The SMILES string of the molecule is O=C(COc1c(C(=O)c2ccccc2)sc2ccccc12)c1ccc(OCc2ccccc2)cc1. The molecule has 0 atom stereocenters. The topological polar surface area (TPSA) is 52.6 Å². The Morgan fingerprint density at radius 3 is 2.06 bits per heavy atom.